The fourth-order valence-corrected chi connectivity index (χ4v) is 2.86. The van der Waals surface area contributed by atoms with Crippen LogP contribution in [0.2, 0.25) is 0 Å². The molecule has 0 saturated carbocycles. The minimum absolute atomic E-state index is 0.250. The summed E-state index contributed by atoms with van der Waals surface area (Å²) in [6, 6.07) is 0.250. The molecule has 0 aromatic rings. The molecule has 2 heterocycles. The van der Waals surface area contributed by atoms with Gasteiger partial charge in [-0.05, 0) is 18.3 Å². The van der Waals surface area contributed by atoms with E-state index in [0.29, 0.717) is 13.2 Å². The molecule has 3 nitrogen and oxygen atoms in total. The van der Waals surface area contributed by atoms with E-state index in [1.807, 2.05) is 0 Å². The molecule has 0 aromatic carbocycles. The van der Waals surface area contributed by atoms with Crippen molar-refractivity contribution >= 4 is 0 Å². The molecule has 0 spiro atoms. The number of piperidine rings is 1. The Hall–Kier alpha value is -0.120. The van der Waals surface area contributed by atoms with Gasteiger partial charge < -0.3 is 9.84 Å². The van der Waals surface area contributed by atoms with Crippen LogP contribution in [0.4, 0.5) is 0 Å². The molecule has 0 aromatic heterocycles. The predicted molar refractivity (Wildman–Crippen MR) is 55.1 cm³/mol. The molecule has 4 atom stereocenters. The summed E-state index contributed by atoms with van der Waals surface area (Å²) in [5.74, 6) is 1.51. The zero-order valence-corrected chi connectivity index (χ0v) is 9.15. The monoisotopic (exact) mass is 199 g/mol. The highest BCUT2D eigenvalue weighted by Crippen LogP contribution is 2.25. The van der Waals surface area contributed by atoms with Gasteiger partial charge in [0, 0.05) is 13.1 Å². The van der Waals surface area contributed by atoms with E-state index in [1.165, 1.54) is 6.42 Å². The zero-order valence-electron chi connectivity index (χ0n) is 9.15. The van der Waals surface area contributed by atoms with E-state index in [4.69, 9.17) is 4.74 Å². The van der Waals surface area contributed by atoms with Crippen molar-refractivity contribution in [2.45, 2.75) is 32.4 Å². The van der Waals surface area contributed by atoms with Crippen molar-refractivity contribution < 1.29 is 9.84 Å². The van der Waals surface area contributed by atoms with Crippen molar-refractivity contribution in [1.29, 1.82) is 0 Å². The van der Waals surface area contributed by atoms with Gasteiger partial charge in [0.1, 0.15) is 0 Å². The third-order valence-electron chi connectivity index (χ3n) is 3.39. The first kappa shape index (κ1) is 10.4. The third kappa shape index (κ3) is 2.10. The quantitative estimate of drug-likeness (QED) is 0.675. The first-order valence-corrected chi connectivity index (χ1v) is 5.66. The average molecular weight is 199 g/mol. The van der Waals surface area contributed by atoms with E-state index in [2.05, 4.69) is 18.7 Å². The van der Waals surface area contributed by atoms with Crippen molar-refractivity contribution in [2.75, 3.05) is 26.3 Å². The smallest absolute Gasteiger partial charge is 0.0950 e. The van der Waals surface area contributed by atoms with Crippen molar-refractivity contribution in [3.63, 3.8) is 0 Å². The molecule has 4 unspecified atom stereocenters. The van der Waals surface area contributed by atoms with Crippen LogP contribution in [0.5, 0.6) is 0 Å². The number of aliphatic hydroxyl groups excluding tert-OH is 1. The topological polar surface area (TPSA) is 32.7 Å². The van der Waals surface area contributed by atoms with Gasteiger partial charge in [-0.15, -0.1) is 0 Å². The van der Waals surface area contributed by atoms with Crippen LogP contribution in [0.25, 0.3) is 0 Å². The highest BCUT2D eigenvalue weighted by Gasteiger charge is 2.35. The van der Waals surface area contributed by atoms with Crippen molar-refractivity contribution in [3.05, 3.63) is 0 Å². The lowest BCUT2D eigenvalue weighted by atomic mass is 9.90. The summed E-state index contributed by atoms with van der Waals surface area (Å²) in [4.78, 5) is 2.41. The Morgan fingerprint density at radius 3 is 2.29 bits per heavy atom. The van der Waals surface area contributed by atoms with E-state index in [9.17, 15) is 5.11 Å². The number of likely N-dealkylation sites (tertiary alicyclic amines) is 1. The van der Waals surface area contributed by atoms with Crippen LogP contribution in [-0.4, -0.2) is 48.5 Å². The number of hydrogen-bond donors (Lipinski definition) is 1. The van der Waals surface area contributed by atoms with Gasteiger partial charge in [0.25, 0.3) is 0 Å². The largest absolute Gasteiger partial charge is 0.389 e. The third-order valence-corrected chi connectivity index (χ3v) is 3.39. The molecular weight excluding hydrogens is 178 g/mol. The van der Waals surface area contributed by atoms with Crippen LogP contribution in [0.3, 0.4) is 0 Å². The average Bonchev–Trinajstić information content (AvgIpc) is 2.49. The minimum atomic E-state index is -0.271. The van der Waals surface area contributed by atoms with Crippen molar-refractivity contribution in [1.82, 2.24) is 4.90 Å². The van der Waals surface area contributed by atoms with Gasteiger partial charge in [-0.1, -0.05) is 13.8 Å². The molecule has 3 heteroatoms. The molecule has 2 saturated heterocycles. The number of hydrogen-bond acceptors (Lipinski definition) is 3. The van der Waals surface area contributed by atoms with Crippen LogP contribution in [-0.2, 0) is 4.74 Å². The molecule has 0 bridgehead atoms. The Morgan fingerprint density at radius 2 is 1.79 bits per heavy atom. The molecule has 2 fully saturated rings. The second-order valence-corrected chi connectivity index (χ2v) is 5.07. The van der Waals surface area contributed by atoms with E-state index < -0.39 is 0 Å². The summed E-state index contributed by atoms with van der Waals surface area (Å²) in [7, 11) is 0. The Balaban J connectivity index is 1.95. The molecule has 2 rings (SSSR count). The van der Waals surface area contributed by atoms with Crippen molar-refractivity contribution in [2.24, 2.45) is 11.8 Å². The lowest BCUT2D eigenvalue weighted by Crippen LogP contribution is -2.49. The summed E-state index contributed by atoms with van der Waals surface area (Å²) in [6.07, 6.45) is 1.05. The SMILES string of the molecule is CC1CC(C)CN(C2COCC2O)C1. The minimum Gasteiger partial charge on any atom is -0.389 e. The first-order chi connectivity index (χ1) is 6.66. The number of aliphatic hydroxyl groups is 1. The summed E-state index contributed by atoms with van der Waals surface area (Å²) >= 11 is 0. The standard InChI is InChI=1S/C11H21NO2/c1-8-3-9(2)5-12(4-8)10-6-14-7-11(10)13/h8-11,13H,3-7H2,1-2H3. The fraction of sp³-hybridized carbons (Fsp3) is 1.00. The van der Waals surface area contributed by atoms with E-state index in [1.54, 1.807) is 0 Å². The number of nitrogens with zero attached hydrogens (tertiary/aromatic N) is 1. The molecule has 82 valence electrons. The van der Waals surface area contributed by atoms with Crippen LogP contribution < -0.4 is 0 Å². The van der Waals surface area contributed by atoms with Crippen LogP contribution in [0, 0.1) is 11.8 Å². The Labute approximate surface area is 86.0 Å². The summed E-state index contributed by atoms with van der Waals surface area (Å²) in [5.41, 5.74) is 0. The van der Waals surface area contributed by atoms with Crippen LogP contribution >= 0.6 is 0 Å². The second kappa shape index (κ2) is 4.17. The number of rotatable bonds is 1. The van der Waals surface area contributed by atoms with Gasteiger partial charge in [-0.25, -0.2) is 0 Å². The molecule has 1 N–H and O–H groups in total. The zero-order chi connectivity index (χ0) is 10.1. The maximum atomic E-state index is 9.75. The molecule has 2 aliphatic rings. The van der Waals surface area contributed by atoms with E-state index in [-0.39, 0.29) is 12.1 Å². The van der Waals surface area contributed by atoms with Crippen LogP contribution in [0.1, 0.15) is 20.3 Å². The molecule has 0 amide bonds. The van der Waals surface area contributed by atoms with E-state index in [0.717, 1.165) is 24.9 Å². The molecule has 0 radical (unpaired) electrons. The van der Waals surface area contributed by atoms with Gasteiger partial charge in [0.2, 0.25) is 0 Å². The Bertz CT molecular complexity index is 188. The summed E-state index contributed by atoms with van der Waals surface area (Å²) < 4.78 is 5.30. The highest BCUT2D eigenvalue weighted by molar-refractivity contribution is 4.87. The fourth-order valence-electron chi connectivity index (χ4n) is 2.86. The Morgan fingerprint density at radius 1 is 1.14 bits per heavy atom. The molecule has 2 aliphatic heterocycles. The molecular formula is C11H21NO2. The first-order valence-electron chi connectivity index (χ1n) is 5.66. The maximum absolute atomic E-state index is 9.75. The van der Waals surface area contributed by atoms with Crippen LogP contribution in [0.15, 0.2) is 0 Å². The second-order valence-electron chi connectivity index (χ2n) is 5.07. The molecule has 0 aliphatic carbocycles. The van der Waals surface area contributed by atoms with Gasteiger partial charge in [0.15, 0.2) is 0 Å². The van der Waals surface area contributed by atoms with Gasteiger partial charge in [-0.3, -0.25) is 4.90 Å². The Kier molecular flexibility index (Phi) is 3.10. The highest BCUT2D eigenvalue weighted by atomic mass is 16.5. The lowest BCUT2D eigenvalue weighted by Gasteiger charge is -2.39. The maximum Gasteiger partial charge on any atom is 0.0950 e. The normalized spacial score (nSPS) is 45.6. The van der Waals surface area contributed by atoms with Gasteiger partial charge in [-0.2, -0.15) is 0 Å². The summed E-state index contributed by atoms with van der Waals surface area (Å²) in [6.45, 7) is 8.06. The number of ether oxygens (including phenoxy) is 1. The predicted octanol–water partition coefficient (Wildman–Crippen LogP) is 0.724. The lowest BCUT2D eigenvalue weighted by molar-refractivity contribution is 0.0394. The summed E-state index contributed by atoms with van der Waals surface area (Å²) in [5, 5.41) is 9.75. The molecule has 14 heavy (non-hydrogen) atoms. The van der Waals surface area contributed by atoms with E-state index >= 15 is 0 Å². The van der Waals surface area contributed by atoms with Gasteiger partial charge in [0.05, 0.1) is 25.4 Å². The van der Waals surface area contributed by atoms with Gasteiger partial charge >= 0.3 is 0 Å². The van der Waals surface area contributed by atoms with Crippen molar-refractivity contribution in [3.8, 4) is 0 Å².